The second kappa shape index (κ2) is 6.47. The average Bonchev–Trinajstić information content (AvgIpc) is 3.03. The van der Waals surface area contributed by atoms with Gasteiger partial charge < -0.3 is 14.8 Å². The number of hydrogen-bond donors (Lipinski definition) is 1. The van der Waals surface area contributed by atoms with Crippen LogP contribution in [-0.4, -0.2) is 36.3 Å². The molecule has 1 aromatic heterocycles. The standard InChI is InChI=1S/C17H18BrN3O2/c18-14-7-17-16(22-11-23-17)6-13(14)10-21-5-4-20-9-15(21)12-2-1-3-19-8-12/h1-3,6-8,15,20H,4-5,9-11H2. The van der Waals surface area contributed by atoms with Gasteiger partial charge in [0.2, 0.25) is 6.79 Å². The highest BCUT2D eigenvalue weighted by Gasteiger charge is 2.25. The second-order valence-electron chi connectivity index (χ2n) is 5.77. The number of nitrogens with one attached hydrogen (secondary N) is 1. The lowest BCUT2D eigenvalue weighted by Crippen LogP contribution is -2.45. The minimum absolute atomic E-state index is 0.303. The molecule has 1 fully saturated rings. The molecule has 120 valence electrons. The van der Waals surface area contributed by atoms with Crippen molar-refractivity contribution in [1.29, 1.82) is 0 Å². The minimum Gasteiger partial charge on any atom is -0.454 e. The molecule has 0 aliphatic carbocycles. The fourth-order valence-corrected chi connectivity index (χ4v) is 3.58. The molecule has 0 saturated carbocycles. The normalized spacial score (nSPS) is 20.7. The van der Waals surface area contributed by atoms with Gasteiger partial charge in [-0.05, 0) is 29.3 Å². The van der Waals surface area contributed by atoms with Crippen molar-refractivity contribution >= 4 is 15.9 Å². The molecule has 2 aliphatic heterocycles. The molecule has 1 N–H and O–H groups in total. The SMILES string of the molecule is Brc1cc2c(cc1CN1CCNCC1c1cccnc1)OCO2. The van der Waals surface area contributed by atoms with Crippen LogP contribution in [0.15, 0.2) is 41.1 Å². The van der Waals surface area contributed by atoms with Crippen molar-refractivity contribution < 1.29 is 9.47 Å². The van der Waals surface area contributed by atoms with E-state index in [1.807, 2.05) is 24.5 Å². The molecule has 23 heavy (non-hydrogen) atoms. The summed E-state index contributed by atoms with van der Waals surface area (Å²) in [7, 11) is 0. The summed E-state index contributed by atoms with van der Waals surface area (Å²) in [6.07, 6.45) is 3.78. The maximum absolute atomic E-state index is 5.51. The van der Waals surface area contributed by atoms with Crippen molar-refractivity contribution in [1.82, 2.24) is 15.2 Å². The first-order chi connectivity index (χ1) is 11.3. The molecule has 2 aliphatic rings. The molecular formula is C17H18BrN3O2. The van der Waals surface area contributed by atoms with Crippen molar-refractivity contribution in [3.8, 4) is 11.5 Å². The van der Waals surface area contributed by atoms with Gasteiger partial charge in [0.05, 0.1) is 0 Å². The quantitative estimate of drug-likeness (QED) is 0.893. The van der Waals surface area contributed by atoms with E-state index in [9.17, 15) is 0 Å². The van der Waals surface area contributed by atoms with Crippen LogP contribution >= 0.6 is 15.9 Å². The van der Waals surface area contributed by atoms with Crippen LogP contribution < -0.4 is 14.8 Å². The Hall–Kier alpha value is -1.63. The molecule has 0 amide bonds. The Kier molecular flexibility index (Phi) is 4.20. The third-order valence-electron chi connectivity index (χ3n) is 4.34. The average molecular weight is 376 g/mol. The van der Waals surface area contributed by atoms with Crippen LogP contribution in [0.1, 0.15) is 17.2 Å². The number of piperazine rings is 1. The number of hydrogen-bond acceptors (Lipinski definition) is 5. The third kappa shape index (κ3) is 3.06. The zero-order chi connectivity index (χ0) is 15.6. The van der Waals surface area contributed by atoms with E-state index in [1.54, 1.807) is 0 Å². The molecule has 3 heterocycles. The van der Waals surface area contributed by atoms with E-state index in [2.05, 4.69) is 43.3 Å². The summed E-state index contributed by atoms with van der Waals surface area (Å²) in [5.41, 5.74) is 2.46. The summed E-state index contributed by atoms with van der Waals surface area (Å²) in [6, 6.07) is 8.55. The first-order valence-corrected chi connectivity index (χ1v) is 8.53. The zero-order valence-corrected chi connectivity index (χ0v) is 14.3. The van der Waals surface area contributed by atoms with Gasteiger partial charge in [0.1, 0.15) is 0 Å². The summed E-state index contributed by atoms with van der Waals surface area (Å²) < 4.78 is 12.0. The molecule has 1 saturated heterocycles. The minimum atomic E-state index is 0.303. The van der Waals surface area contributed by atoms with Crippen LogP contribution in [0.25, 0.3) is 0 Å². The lowest BCUT2D eigenvalue weighted by Gasteiger charge is -2.36. The maximum Gasteiger partial charge on any atom is 0.231 e. The second-order valence-corrected chi connectivity index (χ2v) is 6.63. The molecule has 0 spiro atoms. The van der Waals surface area contributed by atoms with E-state index in [0.717, 1.165) is 42.2 Å². The summed E-state index contributed by atoms with van der Waals surface area (Å²) in [6.45, 7) is 4.10. The summed E-state index contributed by atoms with van der Waals surface area (Å²) in [5, 5.41) is 3.48. The highest BCUT2D eigenvalue weighted by atomic mass is 79.9. The van der Waals surface area contributed by atoms with Gasteiger partial charge in [0, 0.05) is 49.1 Å². The molecule has 6 heteroatoms. The van der Waals surface area contributed by atoms with Gasteiger partial charge in [-0.25, -0.2) is 0 Å². The third-order valence-corrected chi connectivity index (χ3v) is 5.08. The van der Waals surface area contributed by atoms with Crippen LogP contribution in [0.4, 0.5) is 0 Å². The Bertz CT molecular complexity index is 696. The summed E-state index contributed by atoms with van der Waals surface area (Å²) in [5.74, 6) is 1.64. The largest absolute Gasteiger partial charge is 0.454 e. The number of aromatic nitrogens is 1. The topological polar surface area (TPSA) is 46.6 Å². The fraction of sp³-hybridized carbons (Fsp3) is 0.353. The first-order valence-electron chi connectivity index (χ1n) is 7.74. The van der Waals surface area contributed by atoms with Gasteiger partial charge in [-0.3, -0.25) is 9.88 Å². The lowest BCUT2D eigenvalue weighted by molar-refractivity contribution is 0.153. The van der Waals surface area contributed by atoms with E-state index in [1.165, 1.54) is 11.1 Å². The number of ether oxygens (including phenoxy) is 2. The van der Waals surface area contributed by atoms with E-state index in [0.29, 0.717) is 12.8 Å². The van der Waals surface area contributed by atoms with Crippen molar-refractivity contribution in [2.45, 2.75) is 12.6 Å². The van der Waals surface area contributed by atoms with Crippen molar-refractivity contribution in [2.75, 3.05) is 26.4 Å². The van der Waals surface area contributed by atoms with Crippen LogP contribution in [0.3, 0.4) is 0 Å². The van der Waals surface area contributed by atoms with Gasteiger partial charge in [0.15, 0.2) is 11.5 Å². The van der Waals surface area contributed by atoms with Gasteiger partial charge in [0.25, 0.3) is 0 Å². The number of rotatable bonds is 3. The molecule has 1 atom stereocenters. The van der Waals surface area contributed by atoms with E-state index >= 15 is 0 Å². The van der Waals surface area contributed by atoms with Gasteiger partial charge in [-0.1, -0.05) is 22.0 Å². The number of nitrogens with zero attached hydrogens (tertiary/aromatic N) is 2. The van der Waals surface area contributed by atoms with Crippen LogP contribution in [0.5, 0.6) is 11.5 Å². The van der Waals surface area contributed by atoms with Gasteiger partial charge in [-0.15, -0.1) is 0 Å². The van der Waals surface area contributed by atoms with Crippen LogP contribution in [0.2, 0.25) is 0 Å². The van der Waals surface area contributed by atoms with Crippen LogP contribution in [0, 0.1) is 0 Å². The first kappa shape index (κ1) is 14.9. The maximum atomic E-state index is 5.51. The predicted octanol–water partition coefficient (Wildman–Crippen LogP) is 2.72. The monoisotopic (exact) mass is 375 g/mol. The zero-order valence-electron chi connectivity index (χ0n) is 12.7. The summed E-state index contributed by atoms with van der Waals surface area (Å²) >= 11 is 3.66. The molecule has 4 rings (SSSR count). The van der Waals surface area contributed by atoms with Gasteiger partial charge >= 0.3 is 0 Å². The molecular weight excluding hydrogens is 358 g/mol. The molecule has 0 bridgehead atoms. The number of halogens is 1. The van der Waals surface area contributed by atoms with Gasteiger partial charge in [-0.2, -0.15) is 0 Å². The van der Waals surface area contributed by atoms with Crippen molar-refractivity contribution in [3.63, 3.8) is 0 Å². The fourth-order valence-electron chi connectivity index (χ4n) is 3.14. The lowest BCUT2D eigenvalue weighted by atomic mass is 10.0. The Balaban J connectivity index is 1.59. The highest BCUT2D eigenvalue weighted by Crippen LogP contribution is 2.38. The Labute approximate surface area is 143 Å². The van der Waals surface area contributed by atoms with Crippen molar-refractivity contribution in [2.24, 2.45) is 0 Å². The summed E-state index contributed by atoms with van der Waals surface area (Å²) in [4.78, 5) is 6.75. The van der Waals surface area contributed by atoms with Crippen LogP contribution in [-0.2, 0) is 6.54 Å². The number of benzene rings is 1. The Morgan fingerprint density at radius 1 is 1.30 bits per heavy atom. The number of pyridine rings is 1. The van der Waals surface area contributed by atoms with Crippen molar-refractivity contribution in [3.05, 3.63) is 52.3 Å². The smallest absolute Gasteiger partial charge is 0.231 e. The highest BCUT2D eigenvalue weighted by molar-refractivity contribution is 9.10. The Morgan fingerprint density at radius 3 is 3.00 bits per heavy atom. The molecule has 1 unspecified atom stereocenters. The molecule has 2 aromatic rings. The van der Waals surface area contributed by atoms with E-state index < -0.39 is 0 Å². The molecule has 0 radical (unpaired) electrons. The Morgan fingerprint density at radius 2 is 2.17 bits per heavy atom. The van der Waals surface area contributed by atoms with E-state index in [-0.39, 0.29) is 0 Å². The number of fused-ring (bicyclic) bond motifs is 1. The molecule has 5 nitrogen and oxygen atoms in total. The predicted molar refractivity (Wildman–Crippen MR) is 90.5 cm³/mol. The molecule has 1 aromatic carbocycles. The van der Waals surface area contributed by atoms with E-state index in [4.69, 9.17) is 9.47 Å².